The molecular weight excluding hydrogens is 221 g/mol. The van der Waals surface area contributed by atoms with Gasteiger partial charge in [0.05, 0.1) is 0 Å². The molecule has 0 radical (unpaired) electrons. The molecule has 0 aromatic heterocycles. The molecular formula is C9H21Cl2N3. The quantitative estimate of drug-likeness (QED) is 0.700. The topological polar surface area (TPSA) is 27.3 Å². The summed E-state index contributed by atoms with van der Waals surface area (Å²) in [6.45, 7) is 7.31. The lowest BCUT2D eigenvalue weighted by Crippen LogP contribution is -2.51. The summed E-state index contributed by atoms with van der Waals surface area (Å²) in [4.78, 5) is 2.65. The number of rotatable bonds is 1. The SMILES string of the molecule is C1CC(N2CCNCC2)CCN1.Cl.Cl. The number of halogens is 2. The van der Waals surface area contributed by atoms with Crippen molar-refractivity contribution in [2.75, 3.05) is 39.3 Å². The normalized spacial score (nSPS) is 24.9. The molecule has 0 unspecified atom stereocenters. The van der Waals surface area contributed by atoms with Gasteiger partial charge in [0.2, 0.25) is 0 Å². The van der Waals surface area contributed by atoms with E-state index in [1.54, 1.807) is 0 Å². The molecule has 0 amide bonds. The second-order valence-corrected chi connectivity index (χ2v) is 3.77. The molecule has 2 rings (SSSR count). The van der Waals surface area contributed by atoms with E-state index < -0.39 is 0 Å². The van der Waals surface area contributed by atoms with E-state index in [2.05, 4.69) is 15.5 Å². The van der Waals surface area contributed by atoms with Crippen molar-refractivity contribution in [1.82, 2.24) is 15.5 Å². The van der Waals surface area contributed by atoms with Gasteiger partial charge in [0.15, 0.2) is 0 Å². The lowest BCUT2D eigenvalue weighted by Gasteiger charge is -2.37. The summed E-state index contributed by atoms with van der Waals surface area (Å²) >= 11 is 0. The highest BCUT2D eigenvalue weighted by atomic mass is 35.5. The molecule has 2 aliphatic heterocycles. The van der Waals surface area contributed by atoms with Crippen LogP contribution in [0, 0.1) is 0 Å². The maximum Gasteiger partial charge on any atom is 0.0120 e. The highest BCUT2D eigenvalue weighted by Gasteiger charge is 2.21. The Hall–Kier alpha value is 0.460. The van der Waals surface area contributed by atoms with Crippen LogP contribution in [0.3, 0.4) is 0 Å². The molecule has 14 heavy (non-hydrogen) atoms. The number of piperazine rings is 1. The number of piperidine rings is 1. The van der Waals surface area contributed by atoms with Gasteiger partial charge in [-0.25, -0.2) is 0 Å². The van der Waals surface area contributed by atoms with Gasteiger partial charge in [-0.15, -0.1) is 24.8 Å². The van der Waals surface area contributed by atoms with Crippen molar-refractivity contribution in [2.45, 2.75) is 18.9 Å². The Morgan fingerprint density at radius 2 is 1.29 bits per heavy atom. The van der Waals surface area contributed by atoms with Crippen molar-refractivity contribution < 1.29 is 0 Å². The highest BCUT2D eigenvalue weighted by Crippen LogP contribution is 2.11. The van der Waals surface area contributed by atoms with E-state index in [0.29, 0.717) is 0 Å². The van der Waals surface area contributed by atoms with E-state index in [1.165, 1.54) is 52.1 Å². The molecule has 0 atom stereocenters. The van der Waals surface area contributed by atoms with E-state index in [-0.39, 0.29) is 24.8 Å². The Morgan fingerprint density at radius 1 is 0.786 bits per heavy atom. The third-order valence-corrected chi connectivity index (χ3v) is 2.98. The van der Waals surface area contributed by atoms with Crippen LogP contribution in [0.1, 0.15) is 12.8 Å². The van der Waals surface area contributed by atoms with Crippen molar-refractivity contribution in [1.29, 1.82) is 0 Å². The van der Waals surface area contributed by atoms with Gasteiger partial charge in [-0.2, -0.15) is 0 Å². The van der Waals surface area contributed by atoms with E-state index in [4.69, 9.17) is 0 Å². The van der Waals surface area contributed by atoms with Gasteiger partial charge in [0, 0.05) is 32.2 Å². The van der Waals surface area contributed by atoms with Crippen LogP contribution in [0.2, 0.25) is 0 Å². The second kappa shape index (κ2) is 7.71. The predicted molar refractivity (Wildman–Crippen MR) is 64.8 cm³/mol. The fourth-order valence-electron chi connectivity index (χ4n) is 2.22. The van der Waals surface area contributed by atoms with Crippen molar-refractivity contribution in [3.05, 3.63) is 0 Å². The number of nitrogens with zero attached hydrogens (tertiary/aromatic N) is 1. The monoisotopic (exact) mass is 241 g/mol. The van der Waals surface area contributed by atoms with E-state index in [9.17, 15) is 0 Å². The first-order chi connectivity index (χ1) is 5.97. The largest absolute Gasteiger partial charge is 0.317 e. The van der Waals surface area contributed by atoms with E-state index >= 15 is 0 Å². The number of hydrogen-bond donors (Lipinski definition) is 2. The maximum absolute atomic E-state index is 3.41. The summed E-state index contributed by atoms with van der Waals surface area (Å²) in [6.07, 6.45) is 2.69. The van der Waals surface area contributed by atoms with Crippen LogP contribution in [-0.4, -0.2) is 50.2 Å². The fraction of sp³-hybridized carbons (Fsp3) is 1.00. The molecule has 0 aromatic rings. The summed E-state index contributed by atoms with van der Waals surface area (Å²) in [6, 6.07) is 0.869. The van der Waals surface area contributed by atoms with Crippen molar-refractivity contribution in [3.8, 4) is 0 Å². The van der Waals surface area contributed by atoms with Crippen LogP contribution in [0.25, 0.3) is 0 Å². The van der Waals surface area contributed by atoms with Gasteiger partial charge in [0.25, 0.3) is 0 Å². The number of nitrogens with one attached hydrogen (secondary N) is 2. The fourth-order valence-corrected chi connectivity index (χ4v) is 2.22. The zero-order valence-electron chi connectivity index (χ0n) is 8.50. The molecule has 0 aromatic carbocycles. The molecule has 2 heterocycles. The average Bonchev–Trinajstić information content (AvgIpc) is 2.21. The summed E-state index contributed by atoms with van der Waals surface area (Å²) < 4.78 is 0. The highest BCUT2D eigenvalue weighted by molar-refractivity contribution is 5.85. The van der Waals surface area contributed by atoms with Crippen LogP contribution in [-0.2, 0) is 0 Å². The number of hydrogen-bond acceptors (Lipinski definition) is 3. The van der Waals surface area contributed by atoms with Crippen LogP contribution in [0.15, 0.2) is 0 Å². The van der Waals surface area contributed by atoms with E-state index in [0.717, 1.165) is 6.04 Å². The molecule has 2 aliphatic rings. The average molecular weight is 242 g/mol. The smallest absolute Gasteiger partial charge is 0.0120 e. The summed E-state index contributed by atoms with van der Waals surface area (Å²) in [5.41, 5.74) is 0. The standard InChI is InChI=1S/C9H19N3.2ClH/c1-3-10-4-2-9(1)12-7-5-11-6-8-12;;/h9-11H,1-8H2;2*1H. The zero-order valence-corrected chi connectivity index (χ0v) is 10.1. The first kappa shape index (κ1) is 14.5. The Kier molecular flexibility index (Phi) is 7.97. The van der Waals surface area contributed by atoms with Gasteiger partial charge in [-0.1, -0.05) is 0 Å². The summed E-state index contributed by atoms with van der Waals surface area (Å²) in [5, 5.41) is 6.81. The van der Waals surface area contributed by atoms with Gasteiger partial charge >= 0.3 is 0 Å². The van der Waals surface area contributed by atoms with Gasteiger partial charge < -0.3 is 10.6 Å². The van der Waals surface area contributed by atoms with Crippen LogP contribution >= 0.6 is 24.8 Å². The molecule has 2 fully saturated rings. The van der Waals surface area contributed by atoms with Gasteiger partial charge in [-0.3, -0.25) is 4.90 Å². The second-order valence-electron chi connectivity index (χ2n) is 3.77. The molecule has 0 saturated carbocycles. The predicted octanol–water partition coefficient (Wildman–Crippen LogP) is 0.487. The maximum atomic E-state index is 3.41. The van der Waals surface area contributed by atoms with Crippen LogP contribution < -0.4 is 10.6 Å². The molecule has 86 valence electrons. The van der Waals surface area contributed by atoms with Crippen LogP contribution in [0.5, 0.6) is 0 Å². The summed E-state index contributed by atoms with van der Waals surface area (Å²) in [7, 11) is 0. The molecule has 2 saturated heterocycles. The van der Waals surface area contributed by atoms with Crippen LogP contribution in [0.4, 0.5) is 0 Å². The Labute approximate surface area is 98.8 Å². The lowest BCUT2D eigenvalue weighted by molar-refractivity contribution is 0.144. The van der Waals surface area contributed by atoms with Gasteiger partial charge in [-0.05, 0) is 25.9 Å². The zero-order chi connectivity index (χ0) is 8.23. The first-order valence-electron chi connectivity index (χ1n) is 5.12. The third-order valence-electron chi connectivity index (χ3n) is 2.98. The van der Waals surface area contributed by atoms with Crippen molar-refractivity contribution in [2.24, 2.45) is 0 Å². The minimum atomic E-state index is 0. The molecule has 5 heteroatoms. The first-order valence-corrected chi connectivity index (χ1v) is 5.12. The Bertz CT molecular complexity index is 118. The van der Waals surface area contributed by atoms with Crippen molar-refractivity contribution in [3.63, 3.8) is 0 Å². The molecule has 0 bridgehead atoms. The third kappa shape index (κ3) is 3.91. The molecule has 2 N–H and O–H groups in total. The molecule has 0 spiro atoms. The molecule has 0 aliphatic carbocycles. The molecule has 3 nitrogen and oxygen atoms in total. The Balaban J connectivity index is 0.000000845. The minimum Gasteiger partial charge on any atom is -0.317 e. The van der Waals surface area contributed by atoms with Crippen molar-refractivity contribution >= 4 is 24.8 Å². The lowest BCUT2D eigenvalue weighted by atomic mass is 10.0. The van der Waals surface area contributed by atoms with Gasteiger partial charge in [0.1, 0.15) is 0 Å². The Morgan fingerprint density at radius 3 is 1.86 bits per heavy atom. The summed E-state index contributed by atoms with van der Waals surface area (Å²) in [5.74, 6) is 0. The minimum absolute atomic E-state index is 0. The van der Waals surface area contributed by atoms with E-state index in [1.807, 2.05) is 0 Å².